The topological polar surface area (TPSA) is 111 Å². The number of nitrogens with two attached hydrogens (primary N) is 1. The molecule has 6 nitrogen and oxygen atoms in total. The molecule has 1 aromatic carbocycles. The van der Waals surface area contributed by atoms with Gasteiger partial charge in [0.25, 0.3) is 0 Å². The minimum absolute atomic E-state index is 0.286. The molecule has 4 N–H and O–H groups in total. The first-order valence-electron chi connectivity index (χ1n) is 5.56. The Bertz CT molecular complexity index is 821. The average molecular weight is 251 g/mol. The van der Waals surface area contributed by atoms with Gasteiger partial charge in [0, 0.05) is 28.9 Å². The minimum Gasteiger partial charge on any atom is -0.366 e. The first-order chi connectivity index (χ1) is 9.20. The normalized spacial score (nSPS) is 10.5. The molecule has 0 saturated heterocycles. The van der Waals surface area contributed by atoms with E-state index >= 15 is 0 Å². The van der Waals surface area contributed by atoms with E-state index in [9.17, 15) is 4.79 Å². The van der Waals surface area contributed by atoms with Gasteiger partial charge in [-0.25, -0.2) is 0 Å². The number of carbonyl (C=O) groups excluding carboxylic acids is 1. The van der Waals surface area contributed by atoms with Crippen LogP contribution in [0.25, 0.3) is 22.2 Å². The van der Waals surface area contributed by atoms with E-state index in [-0.39, 0.29) is 5.56 Å². The van der Waals surface area contributed by atoms with Crippen molar-refractivity contribution in [1.82, 2.24) is 15.2 Å². The van der Waals surface area contributed by atoms with Crippen molar-refractivity contribution in [2.45, 2.75) is 0 Å². The summed E-state index contributed by atoms with van der Waals surface area (Å²) in [4.78, 5) is 14.5. The number of amides is 1. The largest absolute Gasteiger partial charge is 0.366 e. The molecular weight excluding hydrogens is 242 g/mol. The molecule has 0 radical (unpaired) electrons. The fourth-order valence-corrected chi connectivity index (χ4v) is 2.06. The maximum atomic E-state index is 11.5. The second-order valence-electron chi connectivity index (χ2n) is 4.09. The molecule has 2 heterocycles. The standard InChI is InChI=1S/C13H9N5O/c14-4-7-1-2-8(9(3-7)13(15)19)12-10-5-16-6-11(10)17-18-12/h1-3,5-6,16-17H,(H2,15,19). The van der Waals surface area contributed by atoms with Gasteiger partial charge < -0.3 is 10.7 Å². The Balaban J connectivity index is 2.28. The number of nitrogens with one attached hydrogen (secondary N) is 2. The van der Waals surface area contributed by atoms with Crippen LogP contribution in [0.3, 0.4) is 0 Å². The summed E-state index contributed by atoms with van der Waals surface area (Å²) in [5.41, 5.74) is 8.13. The molecule has 0 atom stereocenters. The van der Waals surface area contributed by atoms with E-state index in [1.165, 1.54) is 6.07 Å². The van der Waals surface area contributed by atoms with Crippen molar-refractivity contribution in [2.75, 3.05) is 0 Å². The molecule has 92 valence electrons. The summed E-state index contributed by atoms with van der Waals surface area (Å²) in [6.45, 7) is 0. The zero-order valence-electron chi connectivity index (χ0n) is 9.77. The highest BCUT2D eigenvalue weighted by atomic mass is 16.1. The summed E-state index contributed by atoms with van der Waals surface area (Å²) in [6.07, 6.45) is 3.57. The molecule has 1 amide bonds. The Kier molecular flexibility index (Phi) is 2.32. The van der Waals surface area contributed by atoms with Gasteiger partial charge in [-0.1, -0.05) is 6.07 Å². The van der Waals surface area contributed by atoms with Gasteiger partial charge in [0.05, 0.1) is 17.1 Å². The van der Waals surface area contributed by atoms with Crippen molar-refractivity contribution in [3.8, 4) is 17.3 Å². The molecule has 3 aromatic rings. The third-order valence-corrected chi connectivity index (χ3v) is 2.96. The summed E-state index contributed by atoms with van der Waals surface area (Å²) in [7, 11) is 0. The summed E-state index contributed by atoms with van der Waals surface area (Å²) >= 11 is 0. The minimum atomic E-state index is -0.584. The Hall–Kier alpha value is -3.07. The number of aromatic amines is 2. The van der Waals surface area contributed by atoms with Gasteiger partial charge in [0.15, 0.2) is 0 Å². The lowest BCUT2D eigenvalue weighted by Gasteiger charge is -2.04. The average Bonchev–Trinajstić information content (AvgIpc) is 3.00. The molecule has 0 saturated carbocycles. The van der Waals surface area contributed by atoms with Gasteiger partial charge in [0.2, 0.25) is 5.91 Å². The number of primary amides is 1. The summed E-state index contributed by atoms with van der Waals surface area (Å²) < 4.78 is 0. The monoisotopic (exact) mass is 251 g/mol. The van der Waals surface area contributed by atoms with Crippen LogP contribution >= 0.6 is 0 Å². The maximum Gasteiger partial charge on any atom is 0.249 e. The number of carbonyl (C=O) groups is 1. The van der Waals surface area contributed by atoms with Crippen LogP contribution in [-0.2, 0) is 0 Å². The number of aromatic nitrogens is 3. The zero-order chi connectivity index (χ0) is 13.4. The third kappa shape index (κ3) is 1.65. The van der Waals surface area contributed by atoms with Gasteiger partial charge in [-0.3, -0.25) is 9.89 Å². The first-order valence-corrected chi connectivity index (χ1v) is 5.56. The van der Waals surface area contributed by atoms with Crippen molar-refractivity contribution >= 4 is 16.8 Å². The van der Waals surface area contributed by atoms with E-state index in [0.29, 0.717) is 16.8 Å². The first kappa shape index (κ1) is 11.0. The van der Waals surface area contributed by atoms with Crippen LogP contribution in [0.2, 0.25) is 0 Å². The second kappa shape index (κ2) is 3.99. The van der Waals surface area contributed by atoms with Gasteiger partial charge in [-0.05, 0) is 12.1 Å². The molecule has 19 heavy (non-hydrogen) atoms. The molecule has 0 aliphatic heterocycles. The number of fused-ring (bicyclic) bond motifs is 1. The molecule has 0 spiro atoms. The molecule has 2 aromatic heterocycles. The van der Waals surface area contributed by atoms with E-state index in [4.69, 9.17) is 11.0 Å². The fourth-order valence-electron chi connectivity index (χ4n) is 2.06. The Morgan fingerprint density at radius 2 is 2.21 bits per heavy atom. The molecule has 0 aliphatic carbocycles. The van der Waals surface area contributed by atoms with E-state index < -0.39 is 5.91 Å². The smallest absolute Gasteiger partial charge is 0.249 e. The number of benzene rings is 1. The molecule has 0 unspecified atom stereocenters. The molecule has 0 aliphatic rings. The van der Waals surface area contributed by atoms with Crippen molar-refractivity contribution in [3.63, 3.8) is 0 Å². The van der Waals surface area contributed by atoms with Gasteiger partial charge >= 0.3 is 0 Å². The van der Waals surface area contributed by atoms with Crippen LogP contribution in [0.5, 0.6) is 0 Å². The number of nitrogens with zero attached hydrogens (tertiary/aromatic N) is 2. The van der Waals surface area contributed by atoms with Crippen molar-refractivity contribution in [1.29, 1.82) is 5.26 Å². The quantitative estimate of drug-likeness (QED) is 0.642. The highest BCUT2D eigenvalue weighted by Crippen LogP contribution is 2.29. The van der Waals surface area contributed by atoms with Gasteiger partial charge in [-0.15, -0.1) is 0 Å². The molecule has 6 heteroatoms. The van der Waals surface area contributed by atoms with E-state index in [1.54, 1.807) is 24.5 Å². The van der Waals surface area contributed by atoms with Crippen LogP contribution in [0.15, 0.2) is 30.6 Å². The summed E-state index contributed by atoms with van der Waals surface area (Å²) in [5, 5.41) is 16.8. The van der Waals surface area contributed by atoms with Crippen molar-refractivity contribution in [2.24, 2.45) is 5.73 Å². The number of rotatable bonds is 2. The van der Waals surface area contributed by atoms with Gasteiger partial charge in [0.1, 0.15) is 5.69 Å². The summed E-state index contributed by atoms with van der Waals surface area (Å²) in [6, 6.07) is 6.78. The van der Waals surface area contributed by atoms with E-state index in [2.05, 4.69) is 15.2 Å². The number of nitriles is 1. The maximum absolute atomic E-state index is 11.5. The van der Waals surface area contributed by atoms with E-state index in [1.807, 2.05) is 6.07 Å². The predicted octanol–water partition coefficient (Wildman–Crippen LogP) is 1.53. The SMILES string of the molecule is N#Cc1ccc(-c2n[nH]c3c[nH]cc23)c(C(N)=O)c1. The number of hydrogen-bond acceptors (Lipinski definition) is 3. The molecule has 0 fully saturated rings. The Morgan fingerprint density at radius 1 is 1.37 bits per heavy atom. The van der Waals surface area contributed by atoms with E-state index in [0.717, 1.165) is 10.9 Å². The van der Waals surface area contributed by atoms with Crippen LogP contribution in [-0.4, -0.2) is 21.1 Å². The molecule has 0 bridgehead atoms. The van der Waals surface area contributed by atoms with Crippen molar-refractivity contribution in [3.05, 3.63) is 41.7 Å². The van der Waals surface area contributed by atoms with Crippen LogP contribution < -0.4 is 5.73 Å². The number of H-pyrrole nitrogens is 2. The van der Waals surface area contributed by atoms with Gasteiger partial charge in [-0.2, -0.15) is 10.4 Å². The fraction of sp³-hybridized carbons (Fsp3) is 0. The lowest BCUT2D eigenvalue weighted by molar-refractivity contribution is 0.100. The third-order valence-electron chi connectivity index (χ3n) is 2.96. The highest BCUT2D eigenvalue weighted by Gasteiger charge is 2.16. The van der Waals surface area contributed by atoms with Crippen LogP contribution in [0.1, 0.15) is 15.9 Å². The van der Waals surface area contributed by atoms with Crippen LogP contribution in [0.4, 0.5) is 0 Å². The lowest BCUT2D eigenvalue weighted by atomic mass is 10.00. The molecular formula is C13H9N5O. The van der Waals surface area contributed by atoms with Crippen LogP contribution in [0, 0.1) is 11.3 Å². The predicted molar refractivity (Wildman–Crippen MR) is 69.1 cm³/mol. The second-order valence-corrected chi connectivity index (χ2v) is 4.09. The summed E-state index contributed by atoms with van der Waals surface area (Å²) in [5.74, 6) is -0.584. The highest BCUT2D eigenvalue weighted by molar-refractivity contribution is 6.04. The number of hydrogen-bond donors (Lipinski definition) is 3. The zero-order valence-corrected chi connectivity index (χ0v) is 9.77. The Morgan fingerprint density at radius 3 is 2.95 bits per heavy atom. The molecule has 3 rings (SSSR count). The Labute approximate surface area is 107 Å². The van der Waals surface area contributed by atoms with Crippen molar-refractivity contribution < 1.29 is 4.79 Å². The lowest BCUT2D eigenvalue weighted by Crippen LogP contribution is -2.12.